The lowest BCUT2D eigenvalue weighted by Crippen LogP contribution is -2.34. The molecule has 0 unspecified atom stereocenters. The van der Waals surface area contributed by atoms with E-state index in [1.807, 2.05) is 26.4 Å². The Kier molecular flexibility index (Phi) is 4.27. The number of benzene rings is 1. The molecule has 5 heteroatoms. The third-order valence-electron chi connectivity index (χ3n) is 6.64. The highest BCUT2D eigenvalue weighted by Crippen LogP contribution is 2.37. The van der Waals surface area contributed by atoms with Gasteiger partial charge in [0.2, 0.25) is 0 Å². The molecule has 2 saturated heterocycles. The molecule has 5 rings (SSSR count). The smallest absolute Gasteiger partial charge is 0.152 e. The summed E-state index contributed by atoms with van der Waals surface area (Å²) in [5.74, 6) is 1.27. The average molecular weight is 374 g/mol. The van der Waals surface area contributed by atoms with Gasteiger partial charge in [0.1, 0.15) is 5.82 Å². The van der Waals surface area contributed by atoms with Crippen molar-refractivity contribution in [2.75, 3.05) is 6.54 Å². The van der Waals surface area contributed by atoms with Crippen LogP contribution in [0.25, 0.3) is 22.0 Å². The number of carbonyl (C=O) groups excluding carboxylic acids is 1. The van der Waals surface area contributed by atoms with Crippen LogP contribution in [0.4, 0.5) is 0 Å². The van der Waals surface area contributed by atoms with Crippen LogP contribution in [-0.2, 0) is 18.3 Å². The molecule has 0 N–H and O–H groups in total. The van der Waals surface area contributed by atoms with Crippen molar-refractivity contribution >= 4 is 16.6 Å². The fourth-order valence-electron chi connectivity index (χ4n) is 4.95. The summed E-state index contributed by atoms with van der Waals surface area (Å²) in [5, 5.41) is 2.21. The van der Waals surface area contributed by atoms with Crippen molar-refractivity contribution in [3.63, 3.8) is 0 Å². The summed E-state index contributed by atoms with van der Waals surface area (Å²) in [5.41, 5.74) is 3.09. The molecular weight excluding hydrogens is 348 g/mol. The van der Waals surface area contributed by atoms with Gasteiger partial charge in [0, 0.05) is 42.0 Å². The molecule has 0 aliphatic carbocycles. The number of aryl methyl sites for hydroxylation is 1. The zero-order valence-electron chi connectivity index (χ0n) is 16.6. The third-order valence-corrected chi connectivity index (χ3v) is 6.64. The lowest BCUT2D eigenvalue weighted by atomic mass is 10.0. The molecule has 0 saturated carbocycles. The maximum Gasteiger partial charge on any atom is 0.152 e. The van der Waals surface area contributed by atoms with Crippen molar-refractivity contribution in [2.45, 2.75) is 51.1 Å². The second-order valence-electron chi connectivity index (χ2n) is 8.34. The molecule has 0 spiro atoms. The SMILES string of the molecule is Cc1ncc(-c2ccc3cnc(CC(=O)CN4C5CCC4CC5)cc3c2)n1C. The molecular formula is C23H26N4O. The van der Waals surface area contributed by atoms with E-state index in [0.29, 0.717) is 25.0 Å². The van der Waals surface area contributed by atoms with Gasteiger partial charge in [-0.15, -0.1) is 0 Å². The molecule has 4 heterocycles. The highest BCUT2D eigenvalue weighted by atomic mass is 16.1. The summed E-state index contributed by atoms with van der Waals surface area (Å²) >= 11 is 0. The largest absolute Gasteiger partial charge is 0.331 e. The number of ketones is 1. The van der Waals surface area contributed by atoms with E-state index < -0.39 is 0 Å². The van der Waals surface area contributed by atoms with Crippen molar-refractivity contribution in [1.29, 1.82) is 0 Å². The van der Waals surface area contributed by atoms with Gasteiger partial charge >= 0.3 is 0 Å². The van der Waals surface area contributed by atoms with Crippen molar-refractivity contribution in [3.05, 3.63) is 48.2 Å². The molecule has 2 aromatic heterocycles. The van der Waals surface area contributed by atoms with Gasteiger partial charge < -0.3 is 4.57 Å². The molecule has 5 nitrogen and oxygen atoms in total. The standard InChI is InChI=1S/C23H26N4O/c1-15-24-13-23(26(15)2)16-3-4-17-12-25-19(10-18(17)9-16)11-22(28)14-27-20-5-6-21(27)8-7-20/h3-4,9-10,12-13,20-21H,5-8,11,14H2,1-2H3. The zero-order chi connectivity index (χ0) is 19.3. The molecule has 1 aromatic carbocycles. The first-order chi connectivity index (χ1) is 13.6. The van der Waals surface area contributed by atoms with Gasteiger partial charge in [-0.05, 0) is 50.1 Å². The van der Waals surface area contributed by atoms with E-state index in [0.717, 1.165) is 33.5 Å². The number of hydrogen-bond acceptors (Lipinski definition) is 4. The van der Waals surface area contributed by atoms with Gasteiger partial charge in [-0.1, -0.05) is 12.1 Å². The molecule has 2 aliphatic rings. The van der Waals surface area contributed by atoms with Gasteiger partial charge in [0.05, 0.1) is 24.9 Å². The van der Waals surface area contributed by atoms with Crippen LogP contribution in [0.2, 0.25) is 0 Å². The molecule has 3 aromatic rings. The first kappa shape index (κ1) is 17.6. The minimum atomic E-state index is 0.282. The van der Waals surface area contributed by atoms with Crippen LogP contribution in [0.15, 0.2) is 36.7 Å². The minimum absolute atomic E-state index is 0.282. The Labute approximate surface area is 165 Å². The molecule has 2 aliphatic heterocycles. The Balaban J connectivity index is 1.36. The van der Waals surface area contributed by atoms with E-state index in [2.05, 4.69) is 43.7 Å². The molecule has 0 radical (unpaired) electrons. The van der Waals surface area contributed by atoms with Crippen LogP contribution in [0.1, 0.15) is 37.2 Å². The number of carbonyl (C=O) groups is 1. The van der Waals surface area contributed by atoms with Gasteiger partial charge in [-0.2, -0.15) is 0 Å². The van der Waals surface area contributed by atoms with Crippen LogP contribution < -0.4 is 0 Å². The first-order valence-electron chi connectivity index (χ1n) is 10.2. The monoisotopic (exact) mass is 374 g/mol. The summed E-state index contributed by atoms with van der Waals surface area (Å²) in [6.07, 6.45) is 9.28. The van der Waals surface area contributed by atoms with Crippen LogP contribution in [0.3, 0.4) is 0 Å². The van der Waals surface area contributed by atoms with Crippen LogP contribution in [-0.4, -0.2) is 43.8 Å². The predicted molar refractivity (Wildman–Crippen MR) is 110 cm³/mol. The first-order valence-corrected chi connectivity index (χ1v) is 10.2. The summed E-state index contributed by atoms with van der Waals surface area (Å²) in [7, 11) is 2.03. The minimum Gasteiger partial charge on any atom is -0.331 e. The predicted octanol–water partition coefficient (Wildman–Crippen LogP) is 3.68. The van der Waals surface area contributed by atoms with Crippen molar-refractivity contribution in [2.24, 2.45) is 7.05 Å². The van der Waals surface area contributed by atoms with E-state index in [-0.39, 0.29) is 5.78 Å². The molecule has 0 atom stereocenters. The maximum absolute atomic E-state index is 12.7. The highest BCUT2D eigenvalue weighted by Gasteiger charge is 2.39. The van der Waals surface area contributed by atoms with Gasteiger partial charge in [-0.3, -0.25) is 14.7 Å². The van der Waals surface area contributed by atoms with Crippen molar-refractivity contribution in [1.82, 2.24) is 19.4 Å². The molecule has 2 fully saturated rings. The number of rotatable bonds is 5. The fraction of sp³-hybridized carbons (Fsp3) is 0.435. The number of pyridine rings is 1. The molecule has 0 amide bonds. The number of imidazole rings is 1. The summed E-state index contributed by atoms with van der Waals surface area (Å²) in [6, 6.07) is 9.72. The van der Waals surface area contributed by atoms with E-state index in [9.17, 15) is 4.79 Å². The lowest BCUT2D eigenvalue weighted by molar-refractivity contribution is -0.119. The zero-order valence-corrected chi connectivity index (χ0v) is 16.6. The van der Waals surface area contributed by atoms with E-state index in [1.54, 1.807) is 0 Å². The van der Waals surface area contributed by atoms with Crippen LogP contribution in [0, 0.1) is 6.92 Å². The number of fused-ring (bicyclic) bond motifs is 3. The quantitative estimate of drug-likeness (QED) is 0.684. The lowest BCUT2D eigenvalue weighted by Gasteiger charge is -2.20. The Morgan fingerprint density at radius 2 is 1.79 bits per heavy atom. The number of hydrogen-bond donors (Lipinski definition) is 0. The van der Waals surface area contributed by atoms with Gasteiger partial charge in [0.15, 0.2) is 5.78 Å². The van der Waals surface area contributed by atoms with Gasteiger partial charge in [-0.25, -0.2) is 4.98 Å². The Morgan fingerprint density at radius 3 is 2.46 bits per heavy atom. The second-order valence-corrected chi connectivity index (χ2v) is 8.34. The third kappa shape index (κ3) is 3.04. The van der Waals surface area contributed by atoms with E-state index >= 15 is 0 Å². The second kappa shape index (κ2) is 6.82. The summed E-state index contributed by atoms with van der Waals surface area (Å²) in [4.78, 5) is 24.0. The number of nitrogens with zero attached hydrogens (tertiary/aromatic N) is 4. The van der Waals surface area contributed by atoms with Crippen LogP contribution in [0.5, 0.6) is 0 Å². The fourth-order valence-corrected chi connectivity index (χ4v) is 4.95. The Morgan fingerprint density at radius 1 is 1.04 bits per heavy atom. The maximum atomic E-state index is 12.7. The average Bonchev–Trinajstić information content (AvgIpc) is 3.36. The summed E-state index contributed by atoms with van der Waals surface area (Å²) in [6.45, 7) is 2.59. The Bertz CT molecular complexity index is 1030. The highest BCUT2D eigenvalue weighted by molar-refractivity contribution is 5.88. The van der Waals surface area contributed by atoms with Crippen molar-refractivity contribution < 1.29 is 4.79 Å². The molecule has 2 bridgehead atoms. The number of Topliss-reactive ketones (excluding diaryl/α,β-unsaturated/α-hetero) is 1. The van der Waals surface area contributed by atoms with Crippen molar-refractivity contribution in [3.8, 4) is 11.3 Å². The van der Waals surface area contributed by atoms with Crippen LogP contribution >= 0.6 is 0 Å². The summed E-state index contributed by atoms with van der Waals surface area (Å²) < 4.78 is 2.09. The Hall–Kier alpha value is -2.53. The van der Waals surface area contributed by atoms with E-state index in [1.165, 1.54) is 25.7 Å². The molecule has 144 valence electrons. The molecule has 28 heavy (non-hydrogen) atoms. The number of aromatic nitrogens is 3. The topological polar surface area (TPSA) is 51.0 Å². The normalized spacial score (nSPS) is 21.6. The van der Waals surface area contributed by atoms with Gasteiger partial charge in [0.25, 0.3) is 0 Å². The van der Waals surface area contributed by atoms with E-state index in [4.69, 9.17) is 0 Å².